The van der Waals surface area contributed by atoms with Gasteiger partial charge in [0.15, 0.2) is 5.78 Å². The molecule has 0 unspecified atom stereocenters. The molecule has 1 saturated heterocycles. The Hall–Kier alpha value is -2.31. The fourth-order valence-corrected chi connectivity index (χ4v) is 3.63. The first-order valence-corrected chi connectivity index (χ1v) is 9.49. The third-order valence-corrected chi connectivity index (χ3v) is 4.77. The summed E-state index contributed by atoms with van der Waals surface area (Å²) in [6.07, 6.45) is 2.27. The van der Waals surface area contributed by atoms with Gasteiger partial charge in [-0.3, -0.25) is 9.59 Å². The normalized spacial score (nSPS) is 17.6. The standard InChI is InChI=1S/C20H31N3O4/c1-12-16(14(3)24)13(2)22-17(12)18(25)23-10-8-7-9-15(23)11-21-19(26)27-20(4,5)6/h15,22H,7-11H2,1-6H3,(H,21,26)/t15-/m0/s1. The molecular weight excluding hydrogens is 346 g/mol. The van der Waals surface area contributed by atoms with E-state index < -0.39 is 11.7 Å². The number of aromatic nitrogens is 1. The average Bonchev–Trinajstić information content (AvgIpc) is 2.85. The summed E-state index contributed by atoms with van der Waals surface area (Å²) in [5.41, 5.74) is 1.88. The van der Waals surface area contributed by atoms with Crippen molar-refractivity contribution in [3.05, 3.63) is 22.5 Å². The van der Waals surface area contributed by atoms with Gasteiger partial charge in [0.1, 0.15) is 11.3 Å². The predicted octanol–water partition coefficient (Wildman–Crippen LogP) is 3.35. The highest BCUT2D eigenvalue weighted by atomic mass is 16.6. The lowest BCUT2D eigenvalue weighted by Gasteiger charge is -2.36. The van der Waals surface area contributed by atoms with Gasteiger partial charge in [-0.2, -0.15) is 0 Å². The number of H-pyrrole nitrogens is 1. The van der Waals surface area contributed by atoms with E-state index in [2.05, 4.69) is 10.3 Å². The molecular formula is C20H31N3O4. The second kappa shape index (κ2) is 8.15. The van der Waals surface area contributed by atoms with Crippen molar-refractivity contribution in [2.45, 2.75) is 72.4 Å². The smallest absolute Gasteiger partial charge is 0.407 e. The Morgan fingerprint density at radius 3 is 2.44 bits per heavy atom. The molecule has 1 aliphatic rings. The van der Waals surface area contributed by atoms with E-state index in [9.17, 15) is 14.4 Å². The van der Waals surface area contributed by atoms with Crippen molar-refractivity contribution < 1.29 is 19.1 Å². The zero-order valence-electron chi connectivity index (χ0n) is 17.2. The van der Waals surface area contributed by atoms with Gasteiger partial charge in [0, 0.05) is 30.4 Å². The van der Waals surface area contributed by atoms with Crippen molar-refractivity contribution in [3.8, 4) is 0 Å². The lowest BCUT2D eigenvalue weighted by Crippen LogP contribution is -2.50. The predicted molar refractivity (Wildman–Crippen MR) is 103 cm³/mol. The van der Waals surface area contributed by atoms with Crippen LogP contribution >= 0.6 is 0 Å². The molecule has 1 fully saturated rings. The van der Waals surface area contributed by atoms with Gasteiger partial charge in [0.2, 0.25) is 0 Å². The van der Waals surface area contributed by atoms with Gasteiger partial charge in [-0.1, -0.05) is 0 Å². The fraction of sp³-hybridized carbons (Fsp3) is 0.650. The molecule has 2 N–H and O–H groups in total. The Morgan fingerprint density at radius 2 is 1.89 bits per heavy atom. The van der Waals surface area contributed by atoms with Gasteiger partial charge >= 0.3 is 6.09 Å². The first-order chi connectivity index (χ1) is 12.5. The second-order valence-electron chi connectivity index (χ2n) is 8.21. The Bertz CT molecular complexity index is 730. The number of hydrogen-bond acceptors (Lipinski definition) is 4. The maximum atomic E-state index is 13.1. The molecule has 27 heavy (non-hydrogen) atoms. The first kappa shape index (κ1) is 21.0. The topological polar surface area (TPSA) is 91.5 Å². The van der Waals surface area contributed by atoms with Gasteiger partial charge in [-0.05, 0) is 66.4 Å². The number of hydrogen-bond donors (Lipinski definition) is 2. The fourth-order valence-electron chi connectivity index (χ4n) is 3.63. The van der Waals surface area contributed by atoms with Crippen molar-refractivity contribution in [1.82, 2.24) is 15.2 Å². The highest BCUT2D eigenvalue weighted by Crippen LogP contribution is 2.24. The summed E-state index contributed by atoms with van der Waals surface area (Å²) >= 11 is 0. The third kappa shape index (κ3) is 5.11. The van der Waals surface area contributed by atoms with Crippen LogP contribution in [0.25, 0.3) is 0 Å². The van der Waals surface area contributed by atoms with E-state index in [4.69, 9.17) is 4.74 Å². The zero-order chi connectivity index (χ0) is 20.4. The van der Waals surface area contributed by atoms with Crippen LogP contribution < -0.4 is 5.32 Å². The number of carbonyl (C=O) groups is 3. The van der Waals surface area contributed by atoms with Crippen LogP contribution in [0.1, 0.15) is 79.1 Å². The van der Waals surface area contributed by atoms with Crippen LogP contribution in [0.15, 0.2) is 0 Å². The number of aromatic amines is 1. The number of aryl methyl sites for hydroxylation is 1. The Labute approximate surface area is 160 Å². The van der Waals surface area contributed by atoms with E-state index >= 15 is 0 Å². The lowest BCUT2D eigenvalue weighted by molar-refractivity contribution is 0.0460. The molecule has 2 amide bonds. The van der Waals surface area contributed by atoms with Crippen LogP contribution in [-0.2, 0) is 4.74 Å². The van der Waals surface area contributed by atoms with Crippen molar-refractivity contribution in [1.29, 1.82) is 0 Å². The Balaban J connectivity index is 2.13. The van der Waals surface area contributed by atoms with Crippen LogP contribution in [0, 0.1) is 13.8 Å². The summed E-state index contributed by atoms with van der Waals surface area (Å²) in [4.78, 5) is 41.8. The number of rotatable bonds is 4. The van der Waals surface area contributed by atoms with E-state index in [1.807, 2.05) is 20.8 Å². The van der Waals surface area contributed by atoms with E-state index in [0.29, 0.717) is 35.6 Å². The number of amides is 2. The van der Waals surface area contributed by atoms with Crippen LogP contribution in [0.2, 0.25) is 0 Å². The summed E-state index contributed by atoms with van der Waals surface area (Å²) in [5, 5.41) is 2.78. The number of ether oxygens (including phenoxy) is 1. The first-order valence-electron chi connectivity index (χ1n) is 9.49. The minimum absolute atomic E-state index is 0.0536. The molecule has 1 atom stereocenters. The summed E-state index contributed by atoms with van der Waals surface area (Å²) in [6.45, 7) is 11.5. The van der Waals surface area contributed by atoms with Crippen molar-refractivity contribution in [2.24, 2.45) is 0 Å². The Morgan fingerprint density at radius 1 is 1.22 bits per heavy atom. The highest BCUT2D eigenvalue weighted by molar-refractivity contribution is 6.02. The molecule has 0 aromatic carbocycles. The largest absolute Gasteiger partial charge is 0.444 e. The molecule has 0 aliphatic carbocycles. The molecule has 7 heteroatoms. The van der Waals surface area contributed by atoms with Gasteiger partial charge < -0.3 is 19.9 Å². The number of likely N-dealkylation sites (tertiary alicyclic amines) is 1. The van der Waals surface area contributed by atoms with E-state index in [-0.39, 0.29) is 17.7 Å². The number of Topliss-reactive ketones (excluding diaryl/α,β-unsaturated/α-hetero) is 1. The molecule has 0 spiro atoms. The summed E-state index contributed by atoms with van der Waals surface area (Å²) in [6, 6.07) is -0.0949. The van der Waals surface area contributed by atoms with Crippen LogP contribution in [0.5, 0.6) is 0 Å². The summed E-state index contributed by atoms with van der Waals surface area (Å²) in [7, 11) is 0. The SMILES string of the molecule is CC(=O)c1c(C)[nH]c(C(=O)N2CCCC[C@H]2CNC(=O)OC(C)(C)C)c1C. The van der Waals surface area contributed by atoms with Gasteiger partial charge in [0.05, 0.1) is 0 Å². The minimum Gasteiger partial charge on any atom is -0.444 e. The zero-order valence-corrected chi connectivity index (χ0v) is 17.2. The molecule has 1 aliphatic heterocycles. The summed E-state index contributed by atoms with van der Waals surface area (Å²) < 4.78 is 5.28. The summed E-state index contributed by atoms with van der Waals surface area (Å²) in [5.74, 6) is -0.180. The van der Waals surface area contributed by atoms with Crippen LogP contribution in [0.3, 0.4) is 0 Å². The third-order valence-electron chi connectivity index (χ3n) is 4.77. The van der Waals surface area contributed by atoms with Crippen molar-refractivity contribution in [3.63, 3.8) is 0 Å². The molecule has 0 saturated carbocycles. The van der Waals surface area contributed by atoms with Crippen molar-refractivity contribution in [2.75, 3.05) is 13.1 Å². The van der Waals surface area contributed by atoms with Crippen LogP contribution in [0.4, 0.5) is 4.79 Å². The molecule has 150 valence electrons. The molecule has 1 aromatic rings. The maximum absolute atomic E-state index is 13.1. The monoisotopic (exact) mass is 377 g/mol. The molecule has 7 nitrogen and oxygen atoms in total. The van der Waals surface area contributed by atoms with E-state index in [0.717, 1.165) is 19.3 Å². The molecule has 0 radical (unpaired) electrons. The molecule has 0 bridgehead atoms. The second-order valence-corrected chi connectivity index (χ2v) is 8.21. The number of ketones is 1. The van der Waals surface area contributed by atoms with E-state index in [1.165, 1.54) is 6.92 Å². The van der Waals surface area contributed by atoms with Gasteiger partial charge in [-0.15, -0.1) is 0 Å². The quantitative estimate of drug-likeness (QED) is 0.787. The van der Waals surface area contributed by atoms with Crippen LogP contribution in [-0.4, -0.2) is 52.4 Å². The number of nitrogens with zero attached hydrogens (tertiary/aromatic N) is 1. The number of nitrogens with one attached hydrogen (secondary N) is 2. The molecule has 1 aromatic heterocycles. The molecule has 2 rings (SSSR count). The lowest BCUT2D eigenvalue weighted by atomic mass is 10.0. The van der Waals surface area contributed by atoms with E-state index in [1.54, 1.807) is 18.7 Å². The number of piperidine rings is 1. The van der Waals surface area contributed by atoms with Crippen molar-refractivity contribution >= 4 is 17.8 Å². The van der Waals surface area contributed by atoms with Gasteiger partial charge in [0.25, 0.3) is 5.91 Å². The maximum Gasteiger partial charge on any atom is 0.407 e. The van der Waals surface area contributed by atoms with Gasteiger partial charge in [-0.25, -0.2) is 4.79 Å². The highest BCUT2D eigenvalue weighted by Gasteiger charge is 2.31. The number of alkyl carbamates (subject to hydrolysis) is 1. The average molecular weight is 377 g/mol. The minimum atomic E-state index is -0.561. The molecule has 2 heterocycles. The number of carbonyl (C=O) groups excluding carboxylic acids is 3. The Kier molecular flexibility index (Phi) is 6.34.